The van der Waals surface area contributed by atoms with Gasteiger partial charge in [0.1, 0.15) is 5.75 Å². The first-order valence-electron chi connectivity index (χ1n) is 7.53. The van der Waals surface area contributed by atoms with Gasteiger partial charge in [-0.25, -0.2) is 4.98 Å². The van der Waals surface area contributed by atoms with E-state index in [9.17, 15) is 4.79 Å². The van der Waals surface area contributed by atoms with Gasteiger partial charge >= 0.3 is 0 Å². The van der Waals surface area contributed by atoms with E-state index < -0.39 is 0 Å². The normalized spacial score (nSPS) is 10.7. The van der Waals surface area contributed by atoms with Crippen LogP contribution < -0.4 is 10.1 Å². The van der Waals surface area contributed by atoms with Crippen LogP contribution in [0.5, 0.6) is 5.75 Å². The number of hydrogen-bond donors (Lipinski definition) is 1. The molecule has 2 aromatic heterocycles. The summed E-state index contributed by atoms with van der Waals surface area (Å²) >= 11 is 0. The van der Waals surface area contributed by atoms with E-state index >= 15 is 0 Å². The fourth-order valence-corrected chi connectivity index (χ4v) is 2.60. The Morgan fingerprint density at radius 2 is 2.09 bits per heavy atom. The number of fused-ring (bicyclic) bond motifs is 1. The number of rotatable bonds is 5. The zero-order valence-electron chi connectivity index (χ0n) is 13.2. The summed E-state index contributed by atoms with van der Waals surface area (Å²) in [7, 11) is 1.64. The Morgan fingerprint density at radius 3 is 2.91 bits per heavy atom. The maximum absolute atomic E-state index is 12.2. The van der Waals surface area contributed by atoms with Gasteiger partial charge in [0.15, 0.2) is 5.65 Å². The first-order chi connectivity index (χ1) is 11.2. The summed E-state index contributed by atoms with van der Waals surface area (Å²) < 4.78 is 7.22. The molecular weight excluding hydrogens is 290 g/mol. The Balaban J connectivity index is 1.69. The molecule has 0 aliphatic heterocycles. The third-order valence-corrected chi connectivity index (χ3v) is 3.69. The van der Waals surface area contributed by atoms with Crippen LogP contribution in [-0.4, -0.2) is 22.4 Å². The zero-order valence-corrected chi connectivity index (χ0v) is 13.2. The van der Waals surface area contributed by atoms with E-state index in [0.717, 1.165) is 28.3 Å². The number of nitrogens with zero attached hydrogens (tertiary/aromatic N) is 2. The molecule has 0 aliphatic rings. The van der Waals surface area contributed by atoms with Crippen LogP contribution in [0.1, 0.15) is 17.7 Å². The minimum atomic E-state index is -0.0374. The van der Waals surface area contributed by atoms with Crippen molar-refractivity contribution in [3.63, 3.8) is 0 Å². The molecule has 0 unspecified atom stereocenters. The second kappa shape index (κ2) is 6.52. The van der Waals surface area contributed by atoms with Crippen LogP contribution in [0.25, 0.3) is 5.65 Å². The molecular formula is C18H19N3O2. The number of methoxy groups -OCH3 is 1. The number of hydrogen-bond acceptors (Lipinski definition) is 3. The molecule has 2 heterocycles. The lowest BCUT2D eigenvalue weighted by Gasteiger charge is -2.09. The van der Waals surface area contributed by atoms with Crippen molar-refractivity contribution in [3.05, 3.63) is 60.0 Å². The van der Waals surface area contributed by atoms with Gasteiger partial charge in [0.2, 0.25) is 5.91 Å². The highest BCUT2D eigenvalue weighted by Crippen LogP contribution is 2.20. The number of amides is 1. The standard InChI is InChI=1S/C18H19N3O2/c1-13-12-21-11-5-7-15(18(21)19-13)20-17(22)10-9-14-6-3-4-8-16(14)23-2/h3-8,11-12H,9-10H2,1-2H3,(H,20,22). The number of para-hydroxylation sites is 1. The number of carbonyl (C=O) groups excluding carboxylic acids is 1. The Labute approximate surface area is 134 Å². The fraction of sp³-hybridized carbons (Fsp3) is 0.222. The highest BCUT2D eigenvalue weighted by molar-refractivity contribution is 5.94. The molecule has 1 aromatic carbocycles. The molecule has 1 N–H and O–H groups in total. The van der Waals surface area contributed by atoms with Crippen LogP contribution in [-0.2, 0) is 11.2 Å². The maximum Gasteiger partial charge on any atom is 0.224 e. The van der Waals surface area contributed by atoms with Gasteiger partial charge in [-0.2, -0.15) is 0 Å². The first kappa shape index (κ1) is 15.1. The second-order valence-corrected chi connectivity index (χ2v) is 5.40. The van der Waals surface area contributed by atoms with E-state index in [2.05, 4.69) is 10.3 Å². The van der Waals surface area contributed by atoms with Crippen molar-refractivity contribution < 1.29 is 9.53 Å². The predicted octanol–water partition coefficient (Wildman–Crippen LogP) is 3.22. The second-order valence-electron chi connectivity index (χ2n) is 5.40. The summed E-state index contributed by atoms with van der Waals surface area (Å²) in [6, 6.07) is 11.5. The van der Waals surface area contributed by atoms with Crippen LogP contribution in [0.15, 0.2) is 48.8 Å². The lowest BCUT2D eigenvalue weighted by molar-refractivity contribution is -0.116. The fourth-order valence-electron chi connectivity index (χ4n) is 2.60. The van der Waals surface area contributed by atoms with Crippen molar-refractivity contribution in [1.29, 1.82) is 0 Å². The summed E-state index contributed by atoms with van der Waals surface area (Å²) in [6.45, 7) is 1.93. The van der Waals surface area contributed by atoms with Gasteiger partial charge in [0.05, 0.1) is 18.5 Å². The van der Waals surface area contributed by atoms with Crippen molar-refractivity contribution in [1.82, 2.24) is 9.38 Å². The van der Waals surface area contributed by atoms with Crippen molar-refractivity contribution in [2.45, 2.75) is 19.8 Å². The van der Waals surface area contributed by atoms with Crippen molar-refractivity contribution in [2.75, 3.05) is 12.4 Å². The summed E-state index contributed by atoms with van der Waals surface area (Å²) in [4.78, 5) is 16.7. The number of benzene rings is 1. The van der Waals surface area contributed by atoms with Crippen molar-refractivity contribution >= 4 is 17.2 Å². The zero-order chi connectivity index (χ0) is 16.2. The van der Waals surface area contributed by atoms with E-state index in [4.69, 9.17) is 4.74 Å². The first-order valence-corrected chi connectivity index (χ1v) is 7.53. The maximum atomic E-state index is 12.2. The Hall–Kier alpha value is -2.82. The predicted molar refractivity (Wildman–Crippen MR) is 89.9 cm³/mol. The van der Waals surface area contributed by atoms with Crippen molar-refractivity contribution in [3.8, 4) is 5.75 Å². The molecule has 0 atom stereocenters. The topological polar surface area (TPSA) is 55.6 Å². The third-order valence-electron chi connectivity index (χ3n) is 3.69. The molecule has 0 spiro atoms. The number of aromatic nitrogens is 2. The van der Waals surface area contributed by atoms with E-state index in [1.54, 1.807) is 7.11 Å². The Morgan fingerprint density at radius 1 is 1.26 bits per heavy atom. The van der Waals surface area contributed by atoms with Gasteiger partial charge in [0, 0.05) is 18.8 Å². The van der Waals surface area contributed by atoms with E-state index in [0.29, 0.717) is 12.8 Å². The largest absolute Gasteiger partial charge is 0.496 e. The van der Waals surface area contributed by atoms with Crippen LogP contribution in [0.3, 0.4) is 0 Å². The van der Waals surface area contributed by atoms with Crippen molar-refractivity contribution in [2.24, 2.45) is 0 Å². The number of ether oxygens (including phenoxy) is 1. The molecule has 1 amide bonds. The van der Waals surface area contributed by atoms with Gasteiger partial charge < -0.3 is 14.5 Å². The van der Waals surface area contributed by atoms with Gasteiger partial charge in [-0.3, -0.25) is 4.79 Å². The molecule has 3 rings (SSSR count). The van der Waals surface area contributed by atoms with Gasteiger partial charge in [-0.05, 0) is 37.1 Å². The molecule has 5 nitrogen and oxygen atoms in total. The lowest BCUT2D eigenvalue weighted by atomic mass is 10.1. The number of anilines is 1. The molecule has 5 heteroatoms. The van der Waals surface area contributed by atoms with Gasteiger partial charge in [-0.15, -0.1) is 0 Å². The van der Waals surface area contributed by atoms with Crippen LogP contribution >= 0.6 is 0 Å². The molecule has 0 saturated heterocycles. The van der Waals surface area contributed by atoms with E-state index in [1.165, 1.54) is 0 Å². The molecule has 0 saturated carbocycles. The monoisotopic (exact) mass is 309 g/mol. The molecule has 0 radical (unpaired) electrons. The van der Waals surface area contributed by atoms with Gasteiger partial charge in [0.25, 0.3) is 0 Å². The average Bonchev–Trinajstić information content (AvgIpc) is 2.94. The summed E-state index contributed by atoms with van der Waals surface area (Å²) in [5, 5.41) is 2.94. The highest BCUT2D eigenvalue weighted by atomic mass is 16.5. The SMILES string of the molecule is COc1ccccc1CCC(=O)Nc1cccn2cc(C)nc12. The molecule has 0 aliphatic carbocycles. The van der Waals surface area contributed by atoms with Gasteiger partial charge in [-0.1, -0.05) is 18.2 Å². The smallest absolute Gasteiger partial charge is 0.224 e. The molecule has 0 fully saturated rings. The number of nitrogens with one attached hydrogen (secondary N) is 1. The van der Waals surface area contributed by atoms with Crippen LogP contribution in [0.4, 0.5) is 5.69 Å². The molecule has 23 heavy (non-hydrogen) atoms. The van der Waals surface area contributed by atoms with E-state index in [-0.39, 0.29) is 5.91 Å². The molecule has 118 valence electrons. The minimum Gasteiger partial charge on any atom is -0.496 e. The molecule has 0 bridgehead atoms. The molecule has 3 aromatic rings. The Kier molecular flexibility index (Phi) is 4.28. The number of carbonyl (C=O) groups is 1. The number of pyridine rings is 1. The highest BCUT2D eigenvalue weighted by Gasteiger charge is 2.10. The van der Waals surface area contributed by atoms with Crippen LogP contribution in [0, 0.1) is 6.92 Å². The van der Waals surface area contributed by atoms with E-state index in [1.807, 2.05) is 60.1 Å². The minimum absolute atomic E-state index is 0.0374. The van der Waals surface area contributed by atoms with Crippen LogP contribution in [0.2, 0.25) is 0 Å². The number of imidazole rings is 1. The summed E-state index contributed by atoms with van der Waals surface area (Å²) in [6.07, 6.45) is 4.87. The third kappa shape index (κ3) is 3.34. The summed E-state index contributed by atoms with van der Waals surface area (Å²) in [5.41, 5.74) is 3.43. The number of aryl methyl sites for hydroxylation is 2. The average molecular weight is 309 g/mol. The quantitative estimate of drug-likeness (QED) is 0.787. The lowest BCUT2D eigenvalue weighted by Crippen LogP contribution is -2.13. The summed E-state index contributed by atoms with van der Waals surface area (Å²) in [5.74, 6) is 0.774. The Bertz CT molecular complexity index is 839.